The summed E-state index contributed by atoms with van der Waals surface area (Å²) in [4.78, 5) is 2.52. The van der Waals surface area contributed by atoms with Crippen LogP contribution in [0.4, 0.5) is 0 Å². The summed E-state index contributed by atoms with van der Waals surface area (Å²) in [5, 5.41) is 7.33. The predicted molar refractivity (Wildman–Crippen MR) is 95.4 cm³/mol. The maximum Gasteiger partial charge on any atom is 0.166 e. The van der Waals surface area contributed by atoms with E-state index in [4.69, 9.17) is 17.0 Å². The Kier molecular flexibility index (Phi) is 6.93. The molecule has 2 N–H and O–H groups in total. The van der Waals surface area contributed by atoms with Gasteiger partial charge in [-0.1, -0.05) is 25.1 Å². The molecule has 1 aromatic carbocycles. The topological polar surface area (TPSA) is 36.5 Å². The van der Waals surface area contributed by atoms with Crippen molar-refractivity contribution in [2.75, 3.05) is 33.3 Å². The van der Waals surface area contributed by atoms with E-state index in [1.54, 1.807) is 7.11 Å². The van der Waals surface area contributed by atoms with Gasteiger partial charge in [0.25, 0.3) is 0 Å². The van der Waals surface area contributed by atoms with Crippen LogP contribution in [0.1, 0.15) is 37.8 Å². The summed E-state index contributed by atoms with van der Waals surface area (Å²) in [6, 6.07) is 8.58. The fourth-order valence-corrected chi connectivity index (χ4v) is 3.11. The molecule has 0 unspecified atom stereocenters. The van der Waals surface area contributed by atoms with Gasteiger partial charge in [0.2, 0.25) is 0 Å². The van der Waals surface area contributed by atoms with Gasteiger partial charge >= 0.3 is 0 Å². The summed E-state index contributed by atoms with van der Waals surface area (Å²) in [6.45, 7) is 6.13. The van der Waals surface area contributed by atoms with Gasteiger partial charge in [0.15, 0.2) is 5.11 Å². The third-order valence-corrected chi connectivity index (χ3v) is 4.36. The van der Waals surface area contributed by atoms with Gasteiger partial charge in [-0.15, -0.1) is 0 Å². The summed E-state index contributed by atoms with van der Waals surface area (Å²) < 4.78 is 5.55. The molecular formula is C17H27N3OS. The molecule has 0 aliphatic carbocycles. The molecule has 5 heteroatoms. The van der Waals surface area contributed by atoms with Crippen LogP contribution in [0.25, 0.3) is 0 Å². The highest BCUT2D eigenvalue weighted by molar-refractivity contribution is 7.80. The van der Waals surface area contributed by atoms with Crippen LogP contribution in [0.5, 0.6) is 5.75 Å². The van der Waals surface area contributed by atoms with E-state index in [-0.39, 0.29) is 0 Å². The third kappa shape index (κ3) is 4.58. The molecule has 1 fully saturated rings. The number of para-hydroxylation sites is 1. The molecule has 1 aromatic rings. The van der Waals surface area contributed by atoms with E-state index in [2.05, 4.69) is 34.6 Å². The Labute approximate surface area is 139 Å². The highest BCUT2D eigenvalue weighted by atomic mass is 32.1. The number of hydrogen-bond donors (Lipinski definition) is 2. The summed E-state index contributed by atoms with van der Waals surface area (Å²) in [5.41, 5.74) is 1.23. The standard InChI is InChI=1S/C17H27N3OS/c1-3-10-18-17(22)19-13-15(20-11-6-7-12-20)14-8-4-5-9-16(14)21-2/h4-5,8-9,15H,3,6-7,10-13H2,1-2H3,(H2,18,19,22)/t15-/m0/s1. The molecule has 2 rings (SSSR count). The minimum Gasteiger partial charge on any atom is -0.496 e. The highest BCUT2D eigenvalue weighted by Gasteiger charge is 2.25. The van der Waals surface area contributed by atoms with Crippen LogP contribution in [-0.4, -0.2) is 43.3 Å². The van der Waals surface area contributed by atoms with E-state index in [1.165, 1.54) is 18.4 Å². The molecule has 0 bridgehead atoms. The lowest BCUT2D eigenvalue weighted by molar-refractivity contribution is 0.239. The lowest BCUT2D eigenvalue weighted by Gasteiger charge is -2.29. The molecule has 4 nitrogen and oxygen atoms in total. The maximum atomic E-state index is 5.55. The van der Waals surface area contributed by atoms with Crippen LogP contribution in [0.3, 0.4) is 0 Å². The Morgan fingerprint density at radius 1 is 1.27 bits per heavy atom. The van der Waals surface area contributed by atoms with Crippen molar-refractivity contribution < 1.29 is 4.74 Å². The van der Waals surface area contributed by atoms with E-state index in [9.17, 15) is 0 Å². The predicted octanol–water partition coefficient (Wildman–Crippen LogP) is 2.71. The molecule has 1 saturated heterocycles. The number of thiocarbonyl (C=S) groups is 1. The number of hydrogen-bond acceptors (Lipinski definition) is 3. The molecule has 0 spiro atoms. The molecule has 22 heavy (non-hydrogen) atoms. The molecule has 0 radical (unpaired) electrons. The van der Waals surface area contributed by atoms with Crippen molar-refractivity contribution in [3.63, 3.8) is 0 Å². The first kappa shape index (κ1) is 17.0. The van der Waals surface area contributed by atoms with E-state index < -0.39 is 0 Å². The molecule has 0 amide bonds. The average molecular weight is 321 g/mol. The quantitative estimate of drug-likeness (QED) is 0.755. The molecule has 1 atom stereocenters. The van der Waals surface area contributed by atoms with E-state index in [0.717, 1.165) is 43.5 Å². The van der Waals surface area contributed by atoms with Gasteiger partial charge in [-0.25, -0.2) is 0 Å². The zero-order chi connectivity index (χ0) is 15.8. The minimum atomic E-state index is 0.292. The molecular weight excluding hydrogens is 294 g/mol. The van der Waals surface area contributed by atoms with E-state index in [0.29, 0.717) is 6.04 Å². The SMILES string of the molecule is CCCNC(=S)NC[C@@H](c1ccccc1OC)N1CCCC1. The number of likely N-dealkylation sites (tertiary alicyclic amines) is 1. The van der Waals surface area contributed by atoms with E-state index >= 15 is 0 Å². The van der Waals surface area contributed by atoms with Crippen molar-refractivity contribution in [2.45, 2.75) is 32.2 Å². The van der Waals surface area contributed by atoms with E-state index in [1.807, 2.05) is 12.1 Å². The molecule has 122 valence electrons. The Balaban J connectivity index is 2.07. The van der Waals surface area contributed by atoms with Crippen LogP contribution in [0.2, 0.25) is 0 Å². The largest absolute Gasteiger partial charge is 0.496 e. The van der Waals surface area contributed by atoms with Crippen LogP contribution in [0, 0.1) is 0 Å². The Hall–Kier alpha value is -1.33. The fourth-order valence-electron chi connectivity index (χ4n) is 2.92. The van der Waals surface area contributed by atoms with Crippen LogP contribution in [-0.2, 0) is 0 Å². The molecule has 1 heterocycles. The zero-order valence-corrected chi connectivity index (χ0v) is 14.4. The molecule has 1 aliphatic heterocycles. The van der Waals surface area contributed by atoms with Crippen molar-refractivity contribution in [3.05, 3.63) is 29.8 Å². The van der Waals surface area contributed by atoms with Crippen molar-refractivity contribution in [2.24, 2.45) is 0 Å². The first-order valence-corrected chi connectivity index (χ1v) is 8.55. The number of benzene rings is 1. The summed E-state index contributed by atoms with van der Waals surface area (Å²) >= 11 is 5.35. The van der Waals surface area contributed by atoms with Crippen molar-refractivity contribution in [3.8, 4) is 5.75 Å². The number of ether oxygens (including phenoxy) is 1. The van der Waals surface area contributed by atoms with Gasteiger partial charge < -0.3 is 15.4 Å². The summed E-state index contributed by atoms with van der Waals surface area (Å²) in [7, 11) is 1.74. The Bertz CT molecular complexity index is 475. The second-order valence-corrected chi connectivity index (χ2v) is 6.05. The fraction of sp³-hybridized carbons (Fsp3) is 0.588. The number of nitrogens with one attached hydrogen (secondary N) is 2. The van der Waals surface area contributed by atoms with Gasteiger partial charge in [0.05, 0.1) is 13.2 Å². The minimum absolute atomic E-state index is 0.292. The smallest absolute Gasteiger partial charge is 0.166 e. The first-order chi connectivity index (χ1) is 10.8. The monoisotopic (exact) mass is 321 g/mol. The molecule has 1 aliphatic rings. The number of methoxy groups -OCH3 is 1. The number of rotatable bonds is 7. The zero-order valence-electron chi connectivity index (χ0n) is 13.6. The van der Waals surface area contributed by atoms with Gasteiger partial charge in [0.1, 0.15) is 5.75 Å². The van der Waals surface area contributed by atoms with Gasteiger partial charge in [-0.3, -0.25) is 4.90 Å². The van der Waals surface area contributed by atoms with Crippen LogP contribution >= 0.6 is 12.2 Å². The summed E-state index contributed by atoms with van der Waals surface area (Å²) in [6.07, 6.45) is 3.61. The Morgan fingerprint density at radius 3 is 2.68 bits per heavy atom. The van der Waals surface area contributed by atoms with Gasteiger partial charge in [0, 0.05) is 18.7 Å². The van der Waals surface area contributed by atoms with Gasteiger partial charge in [-0.2, -0.15) is 0 Å². The second-order valence-electron chi connectivity index (χ2n) is 5.64. The first-order valence-electron chi connectivity index (χ1n) is 8.15. The Morgan fingerprint density at radius 2 is 2.00 bits per heavy atom. The summed E-state index contributed by atoms with van der Waals surface area (Å²) in [5.74, 6) is 0.952. The van der Waals surface area contributed by atoms with Crippen molar-refractivity contribution in [1.29, 1.82) is 0 Å². The average Bonchev–Trinajstić information content (AvgIpc) is 3.07. The number of nitrogens with zero attached hydrogens (tertiary/aromatic N) is 1. The van der Waals surface area contributed by atoms with Crippen molar-refractivity contribution in [1.82, 2.24) is 15.5 Å². The van der Waals surface area contributed by atoms with Crippen LogP contribution in [0.15, 0.2) is 24.3 Å². The highest BCUT2D eigenvalue weighted by Crippen LogP contribution is 2.31. The van der Waals surface area contributed by atoms with Crippen LogP contribution < -0.4 is 15.4 Å². The third-order valence-electron chi connectivity index (χ3n) is 4.07. The lowest BCUT2D eigenvalue weighted by Crippen LogP contribution is -2.41. The van der Waals surface area contributed by atoms with Crippen molar-refractivity contribution >= 4 is 17.3 Å². The normalized spacial score (nSPS) is 16.3. The van der Waals surface area contributed by atoms with Gasteiger partial charge in [-0.05, 0) is 50.6 Å². The lowest BCUT2D eigenvalue weighted by atomic mass is 10.0. The second kappa shape index (κ2) is 8.96. The molecule has 0 aromatic heterocycles. The molecule has 0 saturated carbocycles. The maximum absolute atomic E-state index is 5.55.